The number of carbonyl (C=O) groups is 3. The number of ketones is 1. The zero-order chi connectivity index (χ0) is 18.5. The second kappa shape index (κ2) is 8.20. The number of hydrogen-bond donors (Lipinski definition) is 1. The molecule has 0 aliphatic heterocycles. The second-order valence-electron chi connectivity index (χ2n) is 5.74. The van der Waals surface area contributed by atoms with Gasteiger partial charge in [0.1, 0.15) is 18.2 Å². The number of nitrogens with zero attached hydrogens (tertiary/aromatic N) is 1. The van der Waals surface area contributed by atoms with Crippen LogP contribution in [0.1, 0.15) is 32.8 Å². The van der Waals surface area contributed by atoms with E-state index >= 15 is 0 Å². The number of ether oxygens (including phenoxy) is 2. The molecule has 0 saturated heterocycles. The van der Waals surface area contributed by atoms with Gasteiger partial charge < -0.3 is 14.8 Å². The van der Waals surface area contributed by atoms with E-state index in [0.29, 0.717) is 16.1 Å². The first-order valence-corrected chi connectivity index (χ1v) is 8.95. The number of methoxy groups -OCH3 is 1. The van der Waals surface area contributed by atoms with Crippen LogP contribution in [0, 0.1) is 0 Å². The molecular formula is C18H18N2O5S. The van der Waals surface area contributed by atoms with Gasteiger partial charge in [0, 0.05) is 22.8 Å². The monoisotopic (exact) mass is 374 g/mol. The summed E-state index contributed by atoms with van der Waals surface area (Å²) < 4.78 is 9.46. The lowest BCUT2D eigenvalue weighted by Crippen LogP contribution is -2.22. The van der Waals surface area contributed by atoms with E-state index in [1.807, 2.05) is 0 Å². The molecule has 1 amide bonds. The number of nitrogens with one attached hydrogen (secondary N) is 1. The summed E-state index contributed by atoms with van der Waals surface area (Å²) in [7, 11) is 1.25. The average molecular weight is 374 g/mol. The van der Waals surface area contributed by atoms with Gasteiger partial charge in [-0.25, -0.2) is 4.79 Å². The summed E-state index contributed by atoms with van der Waals surface area (Å²) in [6.45, 7) is -0.589. The van der Waals surface area contributed by atoms with Crippen molar-refractivity contribution in [3.05, 3.63) is 46.1 Å². The van der Waals surface area contributed by atoms with Crippen LogP contribution in [0.2, 0.25) is 0 Å². The number of hydrogen-bond acceptors (Lipinski definition) is 7. The first-order chi connectivity index (χ1) is 12.6. The van der Waals surface area contributed by atoms with Crippen molar-refractivity contribution in [1.29, 1.82) is 0 Å². The van der Waals surface area contributed by atoms with Crippen LogP contribution in [-0.4, -0.2) is 43.0 Å². The Morgan fingerprint density at radius 1 is 1.19 bits per heavy atom. The molecule has 8 heteroatoms. The molecule has 0 bridgehead atoms. The molecule has 0 aromatic carbocycles. The molecule has 0 spiro atoms. The second-order valence-corrected chi connectivity index (χ2v) is 6.85. The van der Waals surface area contributed by atoms with Gasteiger partial charge in [-0.2, -0.15) is 0 Å². The van der Waals surface area contributed by atoms with Gasteiger partial charge in [0.2, 0.25) is 0 Å². The van der Waals surface area contributed by atoms with E-state index in [0.717, 1.165) is 29.7 Å². The van der Waals surface area contributed by atoms with Crippen LogP contribution in [0.15, 0.2) is 24.5 Å². The minimum absolute atomic E-state index is 0.127. The van der Waals surface area contributed by atoms with E-state index in [1.165, 1.54) is 18.4 Å². The van der Waals surface area contributed by atoms with Gasteiger partial charge in [0.05, 0.1) is 12.7 Å². The highest BCUT2D eigenvalue weighted by Crippen LogP contribution is 2.40. The maximum Gasteiger partial charge on any atom is 0.331 e. The maximum absolute atomic E-state index is 12.9. The fraction of sp³-hybridized carbons (Fsp3) is 0.333. The van der Waals surface area contributed by atoms with E-state index in [2.05, 4.69) is 15.0 Å². The van der Waals surface area contributed by atoms with Gasteiger partial charge in [-0.3, -0.25) is 14.6 Å². The summed E-state index contributed by atoms with van der Waals surface area (Å²) in [5.74, 6) is -1.10. The number of pyridine rings is 1. The van der Waals surface area contributed by atoms with Crippen molar-refractivity contribution in [3.63, 3.8) is 0 Å². The van der Waals surface area contributed by atoms with Gasteiger partial charge in [0.15, 0.2) is 5.78 Å². The Balaban J connectivity index is 1.77. The average Bonchev–Trinajstić information content (AvgIpc) is 3.22. The van der Waals surface area contributed by atoms with Crippen molar-refractivity contribution in [1.82, 2.24) is 4.98 Å². The van der Waals surface area contributed by atoms with Gasteiger partial charge >= 0.3 is 5.97 Å². The highest BCUT2D eigenvalue weighted by Gasteiger charge is 2.28. The lowest BCUT2D eigenvalue weighted by atomic mass is 10.0. The van der Waals surface area contributed by atoms with Crippen molar-refractivity contribution in [2.45, 2.75) is 19.3 Å². The molecule has 0 unspecified atom stereocenters. The molecular weight excluding hydrogens is 356 g/mol. The summed E-state index contributed by atoms with van der Waals surface area (Å²) in [6.07, 6.45) is 5.88. The largest absolute Gasteiger partial charge is 0.467 e. The number of carbonyl (C=O) groups excluding carboxylic acids is 3. The Labute approximate surface area is 154 Å². The molecule has 0 saturated carbocycles. The summed E-state index contributed by atoms with van der Waals surface area (Å²) in [5, 5.41) is 3.28. The Kier molecular flexibility index (Phi) is 5.75. The number of esters is 1. The molecule has 2 aromatic heterocycles. The smallest absolute Gasteiger partial charge is 0.331 e. The lowest BCUT2D eigenvalue weighted by molar-refractivity contribution is -0.146. The van der Waals surface area contributed by atoms with Crippen LogP contribution in [0.4, 0.5) is 5.00 Å². The third kappa shape index (κ3) is 3.97. The predicted molar refractivity (Wildman–Crippen MR) is 95.5 cm³/mol. The van der Waals surface area contributed by atoms with E-state index in [4.69, 9.17) is 4.74 Å². The van der Waals surface area contributed by atoms with Crippen LogP contribution in [0.25, 0.3) is 0 Å². The fourth-order valence-corrected chi connectivity index (χ4v) is 4.13. The van der Waals surface area contributed by atoms with Crippen molar-refractivity contribution >= 4 is 34.0 Å². The van der Waals surface area contributed by atoms with Crippen molar-refractivity contribution in [3.8, 4) is 0 Å². The van der Waals surface area contributed by atoms with E-state index in [9.17, 15) is 14.4 Å². The number of thiophene rings is 1. The highest BCUT2D eigenvalue weighted by molar-refractivity contribution is 7.17. The number of anilines is 1. The number of rotatable bonds is 7. The molecule has 1 aliphatic carbocycles. The normalized spacial score (nSPS) is 12.5. The minimum Gasteiger partial charge on any atom is -0.467 e. The molecule has 1 aliphatic rings. The van der Waals surface area contributed by atoms with E-state index < -0.39 is 11.9 Å². The van der Waals surface area contributed by atoms with Gasteiger partial charge in [-0.1, -0.05) is 0 Å². The third-order valence-electron chi connectivity index (χ3n) is 4.02. The number of amides is 1. The van der Waals surface area contributed by atoms with Crippen molar-refractivity contribution in [2.75, 3.05) is 25.6 Å². The van der Waals surface area contributed by atoms with E-state index in [1.54, 1.807) is 24.5 Å². The highest BCUT2D eigenvalue weighted by atomic mass is 32.1. The molecule has 136 valence electrons. The Morgan fingerprint density at radius 3 is 2.69 bits per heavy atom. The Morgan fingerprint density at radius 2 is 1.96 bits per heavy atom. The maximum atomic E-state index is 12.9. The van der Waals surface area contributed by atoms with Crippen LogP contribution >= 0.6 is 11.3 Å². The molecule has 1 N–H and O–H groups in total. The summed E-state index contributed by atoms with van der Waals surface area (Å²) in [5.41, 5.74) is 2.10. The zero-order valence-electron chi connectivity index (χ0n) is 14.2. The number of fused-ring (bicyclic) bond motifs is 1. The van der Waals surface area contributed by atoms with Crippen LogP contribution in [-0.2, 0) is 31.9 Å². The Bertz CT molecular complexity index is 832. The molecule has 7 nitrogen and oxygen atoms in total. The quantitative estimate of drug-likeness (QED) is 0.588. The van der Waals surface area contributed by atoms with Crippen LogP contribution < -0.4 is 5.32 Å². The standard InChI is InChI=1S/C18H18N2O5S/c1-24-15(22)10-25-9-14(21)20-18-16(12-3-2-4-13(12)26-18)17(23)11-5-7-19-8-6-11/h5-8H,2-4,9-10H2,1H3,(H,20,21). The van der Waals surface area contributed by atoms with E-state index in [-0.39, 0.29) is 19.0 Å². The number of aromatic nitrogens is 1. The van der Waals surface area contributed by atoms with Gasteiger partial charge in [0.25, 0.3) is 5.91 Å². The molecule has 3 rings (SSSR count). The van der Waals surface area contributed by atoms with Gasteiger partial charge in [-0.15, -0.1) is 11.3 Å². The van der Waals surface area contributed by atoms with Crippen LogP contribution in [0.3, 0.4) is 0 Å². The Hall–Kier alpha value is -2.58. The summed E-state index contributed by atoms with van der Waals surface area (Å²) in [4.78, 5) is 41.2. The fourth-order valence-electron chi connectivity index (χ4n) is 2.83. The van der Waals surface area contributed by atoms with Crippen molar-refractivity contribution < 1.29 is 23.9 Å². The number of aryl methyl sites for hydroxylation is 1. The van der Waals surface area contributed by atoms with Gasteiger partial charge in [-0.05, 0) is 37.0 Å². The first-order valence-electron chi connectivity index (χ1n) is 8.13. The summed E-state index contributed by atoms with van der Waals surface area (Å²) >= 11 is 1.43. The third-order valence-corrected chi connectivity index (χ3v) is 5.23. The molecule has 0 fully saturated rings. The first kappa shape index (κ1) is 18.2. The topological polar surface area (TPSA) is 94.6 Å². The molecule has 26 heavy (non-hydrogen) atoms. The zero-order valence-corrected chi connectivity index (χ0v) is 15.1. The molecule has 2 aromatic rings. The van der Waals surface area contributed by atoms with Crippen LogP contribution in [0.5, 0.6) is 0 Å². The minimum atomic E-state index is -0.554. The molecule has 0 radical (unpaired) electrons. The predicted octanol–water partition coefficient (Wildman–Crippen LogP) is 1.99. The summed E-state index contributed by atoms with van der Waals surface area (Å²) in [6, 6.07) is 3.32. The molecule has 2 heterocycles. The van der Waals surface area contributed by atoms with Crippen molar-refractivity contribution in [2.24, 2.45) is 0 Å². The SMILES string of the molecule is COC(=O)COCC(=O)Nc1sc2c(c1C(=O)c1ccncc1)CCC2. The lowest BCUT2D eigenvalue weighted by Gasteiger charge is -2.08. The molecule has 0 atom stereocenters.